The number of para-hydroxylation sites is 2. The fourth-order valence-electron chi connectivity index (χ4n) is 3.29. The highest BCUT2D eigenvalue weighted by Gasteiger charge is 2.36. The predicted molar refractivity (Wildman–Crippen MR) is 104 cm³/mol. The summed E-state index contributed by atoms with van der Waals surface area (Å²) >= 11 is 0. The number of halogens is 1. The Morgan fingerprint density at radius 2 is 1.79 bits per heavy atom. The number of anilines is 2. The van der Waals surface area contributed by atoms with E-state index in [2.05, 4.69) is 10.6 Å². The first-order valence-corrected chi connectivity index (χ1v) is 9.05. The van der Waals surface area contributed by atoms with Crippen LogP contribution in [0.3, 0.4) is 0 Å². The molecule has 1 fully saturated rings. The molecule has 1 heterocycles. The maximum atomic E-state index is 13.9. The van der Waals surface area contributed by atoms with Crippen LogP contribution in [0.4, 0.5) is 15.8 Å². The largest absolute Gasteiger partial charge is 0.347 e. The van der Waals surface area contributed by atoms with Crippen molar-refractivity contribution in [3.63, 3.8) is 0 Å². The van der Waals surface area contributed by atoms with Gasteiger partial charge in [0, 0.05) is 18.7 Å². The van der Waals surface area contributed by atoms with Crippen LogP contribution in [0.15, 0.2) is 42.5 Å². The minimum Gasteiger partial charge on any atom is -0.347 e. The first kappa shape index (κ1) is 19.5. The van der Waals surface area contributed by atoms with E-state index in [0.717, 1.165) is 16.8 Å². The van der Waals surface area contributed by atoms with Gasteiger partial charge in [-0.2, -0.15) is 0 Å². The molecule has 1 aliphatic heterocycles. The maximum absolute atomic E-state index is 13.9. The van der Waals surface area contributed by atoms with E-state index in [-0.39, 0.29) is 37.0 Å². The molecule has 0 saturated carbocycles. The van der Waals surface area contributed by atoms with Gasteiger partial charge in [-0.1, -0.05) is 30.3 Å². The summed E-state index contributed by atoms with van der Waals surface area (Å²) in [4.78, 5) is 38.0. The summed E-state index contributed by atoms with van der Waals surface area (Å²) in [7, 11) is 0. The molecular weight excluding hydrogens is 361 g/mol. The second kappa shape index (κ2) is 8.21. The average Bonchev–Trinajstić information content (AvgIpc) is 3.05. The molecule has 2 N–H and O–H groups in total. The van der Waals surface area contributed by atoms with Crippen molar-refractivity contribution in [2.24, 2.45) is 5.92 Å². The Morgan fingerprint density at radius 3 is 2.46 bits per heavy atom. The highest BCUT2D eigenvalue weighted by Crippen LogP contribution is 2.27. The molecule has 28 heavy (non-hydrogen) atoms. The fourth-order valence-corrected chi connectivity index (χ4v) is 3.29. The molecule has 1 saturated heterocycles. The second-order valence-electron chi connectivity index (χ2n) is 6.89. The zero-order chi connectivity index (χ0) is 20.3. The first-order valence-electron chi connectivity index (χ1n) is 9.05. The van der Waals surface area contributed by atoms with Gasteiger partial charge in [0.15, 0.2) is 0 Å². The Morgan fingerprint density at radius 1 is 1.11 bits per heavy atom. The molecule has 0 bridgehead atoms. The molecule has 2 aromatic rings. The zero-order valence-corrected chi connectivity index (χ0v) is 15.8. The molecule has 146 valence electrons. The van der Waals surface area contributed by atoms with Crippen LogP contribution in [-0.4, -0.2) is 30.8 Å². The van der Waals surface area contributed by atoms with Gasteiger partial charge in [0.1, 0.15) is 5.82 Å². The molecule has 3 rings (SSSR count). The predicted octanol–water partition coefficient (Wildman–Crippen LogP) is 2.55. The monoisotopic (exact) mass is 383 g/mol. The van der Waals surface area contributed by atoms with Gasteiger partial charge in [0.2, 0.25) is 17.7 Å². The van der Waals surface area contributed by atoms with Crippen LogP contribution in [0.5, 0.6) is 0 Å². The number of rotatable bonds is 5. The lowest BCUT2D eigenvalue weighted by Gasteiger charge is -2.17. The Bertz CT molecular complexity index is 909. The molecule has 0 aromatic heterocycles. The second-order valence-corrected chi connectivity index (χ2v) is 6.89. The normalized spacial score (nSPS) is 16.2. The Hall–Kier alpha value is -3.22. The van der Waals surface area contributed by atoms with Gasteiger partial charge in [-0.05, 0) is 37.1 Å². The Balaban J connectivity index is 1.56. The molecule has 7 heteroatoms. The van der Waals surface area contributed by atoms with Crippen molar-refractivity contribution >= 4 is 29.1 Å². The summed E-state index contributed by atoms with van der Waals surface area (Å²) in [6.07, 6.45) is -0.0152. The lowest BCUT2D eigenvalue weighted by molar-refractivity contribution is -0.127. The van der Waals surface area contributed by atoms with E-state index < -0.39 is 17.6 Å². The van der Waals surface area contributed by atoms with Crippen molar-refractivity contribution in [2.45, 2.75) is 20.3 Å². The molecule has 0 aliphatic carbocycles. The van der Waals surface area contributed by atoms with E-state index in [1.54, 1.807) is 12.1 Å². The highest BCUT2D eigenvalue weighted by atomic mass is 19.1. The molecule has 6 nitrogen and oxygen atoms in total. The van der Waals surface area contributed by atoms with Gasteiger partial charge in [0.05, 0.1) is 18.2 Å². The summed E-state index contributed by atoms with van der Waals surface area (Å²) in [6.45, 7) is 3.67. The third kappa shape index (κ3) is 4.19. The molecule has 0 spiro atoms. The van der Waals surface area contributed by atoms with Crippen LogP contribution in [0.2, 0.25) is 0 Å². The van der Waals surface area contributed by atoms with Crippen LogP contribution in [0.25, 0.3) is 0 Å². The summed E-state index contributed by atoms with van der Waals surface area (Å²) in [6, 6.07) is 11.6. The van der Waals surface area contributed by atoms with Gasteiger partial charge in [-0.3, -0.25) is 14.4 Å². The third-order valence-corrected chi connectivity index (χ3v) is 4.81. The number of carbonyl (C=O) groups is 3. The van der Waals surface area contributed by atoms with E-state index in [9.17, 15) is 18.8 Å². The van der Waals surface area contributed by atoms with Crippen molar-refractivity contribution in [3.8, 4) is 0 Å². The van der Waals surface area contributed by atoms with Crippen LogP contribution < -0.4 is 15.5 Å². The molecule has 1 atom stereocenters. The average molecular weight is 383 g/mol. The molecular formula is C21H22FN3O3. The zero-order valence-electron chi connectivity index (χ0n) is 15.8. The van der Waals surface area contributed by atoms with Gasteiger partial charge < -0.3 is 15.5 Å². The molecule has 0 radical (unpaired) electrons. The molecule has 2 aromatic carbocycles. The quantitative estimate of drug-likeness (QED) is 0.833. The Labute approximate surface area is 162 Å². The molecule has 3 amide bonds. The number of aryl methyl sites for hydroxylation is 2. The van der Waals surface area contributed by atoms with E-state index in [1.807, 2.05) is 32.0 Å². The number of amides is 3. The van der Waals surface area contributed by atoms with Crippen LogP contribution >= 0.6 is 0 Å². The van der Waals surface area contributed by atoms with Crippen molar-refractivity contribution in [3.05, 3.63) is 59.4 Å². The molecule has 0 unspecified atom stereocenters. The topological polar surface area (TPSA) is 78.5 Å². The smallest absolute Gasteiger partial charge is 0.243 e. The number of nitrogens with zero attached hydrogens (tertiary/aromatic N) is 1. The lowest BCUT2D eigenvalue weighted by atomic mass is 10.1. The number of nitrogens with one attached hydrogen (secondary N) is 2. The van der Waals surface area contributed by atoms with Crippen molar-refractivity contribution < 1.29 is 18.8 Å². The van der Waals surface area contributed by atoms with Crippen molar-refractivity contribution in [1.29, 1.82) is 0 Å². The van der Waals surface area contributed by atoms with Gasteiger partial charge in [0.25, 0.3) is 0 Å². The van der Waals surface area contributed by atoms with Gasteiger partial charge >= 0.3 is 0 Å². The summed E-state index contributed by atoms with van der Waals surface area (Å²) < 4.78 is 13.9. The number of carbonyl (C=O) groups excluding carboxylic acids is 3. The van der Waals surface area contributed by atoms with Crippen LogP contribution in [0, 0.1) is 25.6 Å². The van der Waals surface area contributed by atoms with Crippen LogP contribution in [-0.2, 0) is 14.4 Å². The maximum Gasteiger partial charge on any atom is 0.243 e. The van der Waals surface area contributed by atoms with E-state index in [1.165, 1.54) is 17.0 Å². The highest BCUT2D eigenvalue weighted by molar-refractivity contribution is 6.01. The number of hydrogen-bond donors (Lipinski definition) is 2. The minimum absolute atomic E-state index is 0.0152. The molecule has 1 aliphatic rings. The van der Waals surface area contributed by atoms with Crippen molar-refractivity contribution in [2.75, 3.05) is 23.3 Å². The van der Waals surface area contributed by atoms with Gasteiger partial charge in [-0.25, -0.2) is 4.39 Å². The van der Waals surface area contributed by atoms with E-state index in [0.29, 0.717) is 0 Å². The van der Waals surface area contributed by atoms with Crippen molar-refractivity contribution in [1.82, 2.24) is 5.32 Å². The lowest BCUT2D eigenvalue weighted by Crippen LogP contribution is -2.38. The van der Waals surface area contributed by atoms with Gasteiger partial charge in [-0.15, -0.1) is 0 Å². The summed E-state index contributed by atoms with van der Waals surface area (Å²) in [5, 5.41) is 5.36. The first-order chi connectivity index (χ1) is 13.4. The summed E-state index contributed by atoms with van der Waals surface area (Å²) in [5.74, 6) is -2.19. The SMILES string of the molecule is Cc1cccc(C)c1NC(=O)CNC(=O)[C@H]1CC(=O)N(c2ccccc2F)C1. The Kier molecular flexibility index (Phi) is 5.73. The minimum atomic E-state index is -0.625. The van der Waals surface area contributed by atoms with Crippen LogP contribution in [0.1, 0.15) is 17.5 Å². The standard InChI is InChI=1S/C21H22FN3O3/c1-13-6-5-7-14(2)20(13)24-18(26)11-23-21(28)15-10-19(27)25(12-15)17-9-4-3-8-16(17)22/h3-9,15H,10-12H2,1-2H3,(H,23,28)(H,24,26)/t15-/m0/s1. The van der Waals surface area contributed by atoms with E-state index >= 15 is 0 Å². The summed E-state index contributed by atoms with van der Waals surface area (Å²) in [5.41, 5.74) is 2.75. The third-order valence-electron chi connectivity index (χ3n) is 4.81. The van der Waals surface area contributed by atoms with E-state index in [4.69, 9.17) is 0 Å². The fraction of sp³-hybridized carbons (Fsp3) is 0.286. The number of hydrogen-bond acceptors (Lipinski definition) is 3. The number of benzene rings is 2.